The predicted octanol–water partition coefficient (Wildman–Crippen LogP) is 4.81. The first-order valence-corrected chi connectivity index (χ1v) is 12.7. The number of benzene rings is 2. The second-order valence-electron chi connectivity index (χ2n) is 8.34. The third kappa shape index (κ3) is 4.66. The average molecular weight is 597 g/mol. The number of alkyl halides is 2. The number of hydrogen-bond acceptors (Lipinski definition) is 4. The zero-order valence-corrected chi connectivity index (χ0v) is 21.6. The van der Waals surface area contributed by atoms with Crippen molar-refractivity contribution in [1.29, 1.82) is 0 Å². The predicted molar refractivity (Wildman–Crippen MR) is 131 cm³/mol. The number of hydrogen-bond donors (Lipinski definition) is 0. The Morgan fingerprint density at radius 2 is 1.52 bits per heavy atom. The molecule has 6 nitrogen and oxygen atoms in total. The maximum atomic E-state index is 13.5. The number of halogens is 3. The van der Waals surface area contributed by atoms with Crippen LogP contribution >= 0.6 is 43.5 Å². The fourth-order valence-corrected chi connectivity index (χ4v) is 5.74. The topological polar surface area (TPSA) is 74.8 Å². The molecule has 4 rings (SSSR count). The number of imide groups is 1. The molecule has 1 aliphatic carbocycles. The molecule has 0 aromatic heterocycles. The summed E-state index contributed by atoms with van der Waals surface area (Å²) in [5, 5.41) is 2.00. The summed E-state index contributed by atoms with van der Waals surface area (Å²) in [6, 6.07) is 13.3. The van der Waals surface area contributed by atoms with Crippen molar-refractivity contribution in [1.82, 2.24) is 10.0 Å². The molecule has 4 atom stereocenters. The minimum atomic E-state index is -0.674. The summed E-state index contributed by atoms with van der Waals surface area (Å²) in [4.78, 5) is 53.4. The monoisotopic (exact) mass is 594 g/mol. The molecule has 1 aliphatic heterocycles. The van der Waals surface area contributed by atoms with Crippen molar-refractivity contribution < 1.29 is 19.2 Å². The van der Waals surface area contributed by atoms with Gasteiger partial charge in [0.15, 0.2) is 5.78 Å². The summed E-state index contributed by atoms with van der Waals surface area (Å²) >= 11 is 13.4. The lowest BCUT2D eigenvalue weighted by atomic mass is 9.81. The molecule has 0 radical (unpaired) electrons. The molecule has 1 saturated heterocycles. The van der Waals surface area contributed by atoms with Crippen molar-refractivity contribution in [3.05, 3.63) is 70.2 Å². The molecular weight excluding hydrogens is 576 g/mol. The minimum Gasteiger partial charge on any atom is -0.292 e. The van der Waals surface area contributed by atoms with E-state index in [-0.39, 0.29) is 26.0 Å². The number of rotatable bonds is 5. The number of Topliss-reactive ketones (excluding diaryl/α,β-unsaturated/α-hetero) is 1. The Bertz CT molecular complexity index is 1100. The van der Waals surface area contributed by atoms with E-state index in [1.165, 1.54) is 6.07 Å². The molecule has 3 amide bonds. The number of amides is 3. The Morgan fingerprint density at radius 3 is 2.06 bits per heavy atom. The first-order chi connectivity index (χ1) is 15.7. The Hall–Kier alpha value is -2.03. The number of carbonyl (C=O) groups is 4. The van der Waals surface area contributed by atoms with E-state index >= 15 is 0 Å². The highest BCUT2D eigenvalue weighted by atomic mass is 79.9. The van der Waals surface area contributed by atoms with Gasteiger partial charge in [0.25, 0.3) is 17.7 Å². The van der Waals surface area contributed by atoms with Crippen LogP contribution in [0.15, 0.2) is 48.5 Å². The summed E-state index contributed by atoms with van der Waals surface area (Å²) in [6.07, 6.45) is 0.920. The molecule has 172 valence electrons. The summed E-state index contributed by atoms with van der Waals surface area (Å²) in [7, 11) is 0. The van der Waals surface area contributed by atoms with E-state index in [1.54, 1.807) is 42.5 Å². The summed E-state index contributed by atoms with van der Waals surface area (Å²) in [6.45, 7) is 1.44. The Balaban J connectivity index is 1.71. The van der Waals surface area contributed by atoms with Crippen LogP contribution in [0.1, 0.15) is 39.1 Å². The minimum absolute atomic E-state index is 0.0253. The van der Waals surface area contributed by atoms with Gasteiger partial charge >= 0.3 is 0 Å². The third-order valence-electron chi connectivity index (χ3n) is 6.14. The molecule has 2 fully saturated rings. The highest BCUT2D eigenvalue weighted by molar-refractivity contribution is 9.12. The molecule has 33 heavy (non-hydrogen) atoms. The fourth-order valence-electron chi connectivity index (χ4n) is 4.29. The first kappa shape index (κ1) is 24.1. The largest absolute Gasteiger partial charge is 0.292 e. The lowest BCUT2D eigenvalue weighted by Gasteiger charge is -2.30. The molecule has 1 heterocycles. The van der Waals surface area contributed by atoms with Crippen LogP contribution in [-0.4, -0.2) is 49.7 Å². The Labute approximate surface area is 213 Å². The highest BCUT2D eigenvalue weighted by Crippen LogP contribution is 2.43. The highest BCUT2D eigenvalue weighted by Gasteiger charge is 2.54. The fraction of sp³-hybridized carbons (Fsp3) is 0.333. The van der Waals surface area contributed by atoms with E-state index < -0.39 is 36.1 Å². The van der Waals surface area contributed by atoms with Crippen LogP contribution in [0.5, 0.6) is 0 Å². The van der Waals surface area contributed by atoms with Crippen LogP contribution in [0.25, 0.3) is 0 Å². The van der Waals surface area contributed by atoms with Gasteiger partial charge in [0.1, 0.15) is 6.54 Å². The van der Waals surface area contributed by atoms with E-state index in [2.05, 4.69) is 31.9 Å². The Morgan fingerprint density at radius 1 is 0.970 bits per heavy atom. The quantitative estimate of drug-likeness (QED) is 0.282. The van der Waals surface area contributed by atoms with Gasteiger partial charge in [0.05, 0.1) is 22.4 Å². The third-order valence-corrected chi connectivity index (χ3v) is 9.20. The van der Waals surface area contributed by atoms with Crippen LogP contribution in [0, 0.1) is 18.8 Å². The maximum absolute atomic E-state index is 13.5. The van der Waals surface area contributed by atoms with E-state index in [4.69, 9.17) is 11.6 Å². The molecule has 1 saturated carbocycles. The van der Waals surface area contributed by atoms with Gasteiger partial charge in [-0.15, -0.1) is 0 Å². The molecule has 2 aromatic rings. The van der Waals surface area contributed by atoms with Gasteiger partial charge in [-0.05, 0) is 31.9 Å². The maximum Gasteiger partial charge on any atom is 0.274 e. The molecular formula is C24H21Br2ClN2O4. The molecule has 2 aliphatic rings. The number of carbonyl (C=O) groups excluding carboxylic acids is 4. The first-order valence-electron chi connectivity index (χ1n) is 10.5. The van der Waals surface area contributed by atoms with Crippen LogP contribution in [0.3, 0.4) is 0 Å². The van der Waals surface area contributed by atoms with Gasteiger partial charge in [-0.3, -0.25) is 19.2 Å². The number of hydrazine groups is 1. The number of nitrogens with zero attached hydrogens (tertiary/aromatic N) is 2. The van der Waals surface area contributed by atoms with Gasteiger partial charge in [-0.2, -0.15) is 5.01 Å². The second kappa shape index (κ2) is 9.68. The molecule has 0 N–H and O–H groups in total. The molecule has 0 unspecified atom stereocenters. The lowest BCUT2D eigenvalue weighted by molar-refractivity contribution is -0.154. The average Bonchev–Trinajstić information content (AvgIpc) is 3.02. The van der Waals surface area contributed by atoms with Gasteiger partial charge < -0.3 is 0 Å². The second-order valence-corrected chi connectivity index (χ2v) is 11.1. The smallest absolute Gasteiger partial charge is 0.274 e. The zero-order valence-electron chi connectivity index (χ0n) is 17.7. The number of fused-ring (bicyclic) bond motifs is 1. The van der Waals surface area contributed by atoms with Crippen molar-refractivity contribution in [3.63, 3.8) is 0 Å². The van der Waals surface area contributed by atoms with Crippen molar-refractivity contribution in [2.45, 2.75) is 29.4 Å². The number of ketones is 1. The lowest BCUT2D eigenvalue weighted by Crippen LogP contribution is -2.52. The normalized spacial score (nSPS) is 24.5. The van der Waals surface area contributed by atoms with E-state index in [0.29, 0.717) is 18.4 Å². The van der Waals surface area contributed by atoms with Gasteiger partial charge in [0, 0.05) is 15.2 Å². The van der Waals surface area contributed by atoms with Crippen molar-refractivity contribution >= 4 is 67.0 Å². The van der Waals surface area contributed by atoms with E-state index in [1.807, 2.05) is 6.92 Å². The number of aryl methyl sites for hydroxylation is 1. The standard InChI is InChI=1S/C24H21Br2ClN2O4/c1-13-6-8-14(9-7-13)21(30)12-28(22(31)15-4-2-3-5-20(15)27)29-23(32)16-10-18(25)19(26)11-17(16)24(29)33/h2-9,16-19H,10-12H2,1H3/t16-,17+,18-,19-/m0/s1. The molecule has 9 heteroatoms. The van der Waals surface area contributed by atoms with Crippen LogP contribution < -0.4 is 0 Å². The zero-order chi connectivity index (χ0) is 23.9. The van der Waals surface area contributed by atoms with E-state index in [9.17, 15) is 19.2 Å². The van der Waals surface area contributed by atoms with Crippen molar-refractivity contribution in [2.24, 2.45) is 11.8 Å². The van der Waals surface area contributed by atoms with Crippen LogP contribution in [0.2, 0.25) is 5.02 Å². The van der Waals surface area contributed by atoms with Crippen LogP contribution in [0.4, 0.5) is 0 Å². The Kier molecular flexibility index (Phi) is 7.07. The van der Waals surface area contributed by atoms with E-state index in [0.717, 1.165) is 15.6 Å². The molecule has 0 spiro atoms. The van der Waals surface area contributed by atoms with Crippen molar-refractivity contribution in [3.8, 4) is 0 Å². The molecule has 2 aromatic carbocycles. The van der Waals surface area contributed by atoms with Gasteiger partial charge in [-0.1, -0.05) is 85.4 Å². The molecule has 0 bridgehead atoms. The van der Waals surface area contributed by atoms with Crippen LogP contribution in [-0.2, 0) is 9.59 Å². The van der Waals surface area contributed by atoms with Gasteiger partial charge in [0.2, 0.25) is 0 Å². The summed E-state index contributed by atoms with van der Waals surface area (Å²) in [5.41, 5.74) is 1.48. The summed E-state index contributed by atoms with van der Waals surface area (Å²) < 4.78 is 0. The SMILES string of the molecule is Cc1ccc(C(=O)CN(C(=O)c2ccccc2Cl)N2C(=O)[C@H]3C[C@H](Br)[C@@H](Br)C[C@H]3C2=O)cc1. The summed E-state index contributed by atoms with van der Waals surface area (Å²) in [5.74, 6) is -3.09. The van der Waals surface area contributed by atoms with Gasteiger partial charge in [-0.25, -0.2) is 5.01 Å². The van der Waals surface area contributed by atoms with Crippen molar-refractivity contribution in [2.75, 3.05) is 6.54 Å².